The normalized spacial score (nSPS) is 15.0. The van der Waals surface area contributed by atoms with Gasteiger partial charge in [-0.15, -0.1) is 0 Å². The molecule has 100 valence electrons. The molecule has 0 radical (unpaired) electrons. The molecule has 2 aromatic carbocycles. The number of amidine groups is 1. The molecule has 2 aliphatic heterocycles. The van der Waals surface area contributed by atoms with E-state index in [1.165, 1.54) is 10.8 Å². The smallest absolute Gasteiger partial charge is 0.162 e. The van der Waals surface area contributed by atoms with Crippen molar-refractivity contribution in [2.24, 2.45) is 4.99 Å². The molecular formula is C17H12N4. The summed E-state index contributed by atoms with van der Waals surface area (Å²) < 4.78 is 2.23. The number of fused-ring (bicyclic) bond motifs is 8. The molecule has 2 aliphatic rings. The lowest BCUT2D eigenvalue weighted by Gasteiger charge is -2.34. The molecule has 0 aliphatic carbocycles. The highest BCUT2D eigenvalue weighted by molar-refractivity contribution is 6.17. The first kappa shape index (κ1) is 10.7. The van der Waals surface area contributed by atoms with E-state index in [9.17, 15) is 0 Å². The molecule has 0 bridgehead atoms. The Morgan fingerprint density at radius 2 is 1.81 bits per heavy atom. The van der Waals surface area contributed by atoms with Crippen LogP contribution in [0.3, 0.4) is 0 Å². The Bertz CT molecular complexity index is 933. The minimum atomic E-state index is 0.935. The zero-order chi connectivity index (χ0) is 13.8. The van der Waals surface area contributed by atoms with Gasteiger partial charge in [0.25, 0.3) is 0 Å². The van der Waals surface area contributed by atoms with E-state index in [0.717, 1.165) is 22.9 Å². The molecule has 5 rings (SSSR count). The van der Waals surface area contributed by atoms with Gasteiger partial charge in [0.1, 0.15) is 5.82 Å². The lowest BCUT2D eigenvalue weighted by molar-refractivity contribution is 0.840. The van der Waals surface area contributed by atoms with Crippen molar-refractivity contribution in [1.29, 1.82) is 0 Å². The second kappa shape index (κ2) is 3.76. The molecule has 3 aromatic rings. The van der Waals surface area contributed by atoms with Gasteiger partial charge in [-0.05, 0) is 12.1 Å². The molecule has 3 heterocycles. The molecule has 0 atom stereocenters. The Hall–Kier alpha value is -3.01. The van der Waals surface area contributed by atoms with Gasteiger partial charge < -0.3 is 0 Å². The number of anilines is 1. The van der Waals surface area contributed by atoms with Crippen molar-refractivity contribution in [2.45, 2.75) is 0 Å². The molecule has 0 saturated carbocycles. The number of rotatable bonds is 0. The molecular weight excluding hydrogens is 260 g/mol. The van der Waals surface area contributed by atoms with Gasteiger partial charge in [-0.3, -0.25) is 9.99 Å². The zero-order valence-corrected chi connectivity index (χ0v) is 11.2. The fourth-order valence-corrected chi connectivity index (χ4v) is 3.11. The van der Waals surface area contributed by atoms with E-state index in [0.29, 0.717) is 0 Å². The fourth-order valence-electron chi connectivity index (χ4n) is 3.11. The minimum absolute atomic E-state index is 0.935. The molecule has 0 unspecified atom stereocenters. The second-order valence-corrected chi connectivity index (χ2v) is 5.16. The monoisotopic (exact) mass is 272 g/mol. The van der Waals surface area contributed by atoms with Crippen LogP contribution in [0.5, 0.6) is 0 Å². The number of hydrazine groups is 1. The molecule has 21 heavy (non-hydrogen) atoms. The van der Waals surface area contributed by atoms with Crippen LogP contribution < -0.4 is 10.4 Å². The van der Waals surface area contributed by atoms with Crippen molar-refractivity contribution >= 4 is 22.4 Å². The average molecular weight is 272 g/mol. The Kier molecular flexibility index (Phi) is 1.92. The van der Waals surface area contributed by atoms with Gasteiger partial charge in [0.2, 0.25) is 0 Å². The molecule has 4 nitrogen and oxygen atoms in total. The maximum absolute atomic E-state index is 4.56. The number of para-hydroxylation sites is 1. The Morgan fingerprint density at radius 1 is 0.952 bits per heavy atom. The molecule has 0 saturated heterocycles. The van der Waals surface area contributed by atoms with Crippen LogP contribution in [0, 0.1) is 0 Å². The van der Waals surface area contributed by atoms with Crippen LogP contribution in [-0.2, 0) is 0 Å². The number of aliphatic imine (C=N–C) groups is 1. The summed E-state index contributed by atoms with van der Waals surface area (Å²) in [6.45, 7) is 0. The number of nitrogens with zero attached hydrogens (tertiary/aromatic N) is 3. The molecule has 1 N–H and O–H groups in total. The zero-order valence-electron chi connectivity index (χ0n) is 11.2. The first-order chi connectivity index (χ1) is 10.4. The van der Waals surface area contributed by atoms with Crippen LogP contribution in [0.4, 0.5) is 5.82 Å². The maximum atomic E-state index is 4.56. The van der Waals surface area contributed by atoms with Crippen LogP contribution >= 0.6 is 0 Å². The van der Waals surface area contributed by atoms with Crippen LogP contribution in [0.25, 0.3) is 16.5 Å². The SMILES string of the molecule is C1=CNN2C(=N1)c1ccccc1-n1cc3ccccc3c12. The molecule has 0 spiro atoms. The highest BCUT2D eigenvalue weighted by Crippen LogP contribution is 2.37. The number of hydrogen-bond donors (Lipinski definition) is 1. The van der Waals surface area contributed by atoms with Crippen molar-refractivity contribution in [3.05, 3.63) is 72.7 Å². The molecule has 1 aromatic heterocycles. The molecule has 4 heteroatoms. The number of benzene rings is 2. The standard InChI is InChI=1S/C17H12N4/c1-2-6-13-12(5-1)11-20-15-8-4-3-7-14(15)16-18-9-10-19-21(16)17(13)20/h1-11,19H. The van der Waals surface area contributed by atoms with E-state index < -0.39 is 0 Å². The molecule has 0 fully saturated rings. The van der Waals surface area contributed by atoms with E-state index in [-0.39, 0.29) is 0 Å². The summed E-state index contributed by atoms with van der Waals surface area (Å²) in [4.78, 5) is 4.56. The predicted molar refractivity (Wildman–Crippen MR) is 84.6 cm³/mol. The van der Waals surface area contributed by atoms with Gasteiger partial charge in [0.15, 0.2) is 5.84 Å². The van der Waals surface area contributed by atoms with Crippen LogP contribution in [0.1, 0.15) is 5.56 Å². The maximum Gasteiger partial charge on any atom is 0.162 e. The largest absolute Gasteiger partial charge is 0.300 e. The first-order valence-corrected chi connectivity index (χ1v) is 6.92. The van der Waals surface area contributed by atoms with Crippen molar-refractivity contribution in [3.8, 4) is 5.69 Å². The number of aromatic nitrogens is 1. The first-order valence-electron chi connectivity index (χ1n) is 6.92. The van der Waals surface area contributed by atoms with Crippen LogP contribution in [0.15, 0.2) is 72.1 Å². The second-order valence-electron chi connectivity index (χ2n) is 5.16. The van der Waals surface area contributed by atoms with Gasteiger partial charge in [-0.1, -0.05) is 36.4 Å². The third-order valence-corrected chi connectivity index (χ3v) is 4.00. The average Bonchev–Trinajstić information content (AvgIpc) is 2.95. The minimum Gasteiger partial charge on any atom is -0.300 e. The van der Waals surface area contributed by atoms with Gasteiger partial charge in [-0.2, -0.15) is 0 Å². The Labute approximate surface area is 121 Å². The van der Waals surface area contributed by atoms with E-state index in [2.05, 4.69) is 63.6 Å². The van der Waals surface area contributed by atoms with Crippen LogP contribution in [0.2, 0.25) is 0 Å². The van der Waals surface area contributed by atoms with Gasteiger partial charge in [0.05, 0.1) is 5.69 Å². The molecule has 0 amide bonds. The number of nitrogens with one attached hydrogen (secondary N) is 1. The third-order valence-electron chi connectivity index (χ3n) is 4.00. The third kappa shape index (κ3) is 1.31. The summed E-state index contributed by atoms with van der Waals surface area (Å²) in [5.74, 6) is 2.04. The van der Waals surface area contributed by atoms with E-state index in [1.807, 2.05) is 17.3 Å². The van der Waals surface area contributed by atoms with Gasteiger partial charge in [-0.25, -0.2) is 10.0 Å². The van der Waals surface area contributed by atoms with E-state index in [4.69, 9.17) is 0 Å². The summed E-state index contributed by atoms with van der Waals surface area (Å²) in [6.07, 6.45) is 5.83. The van der Waals surface area contributed by atoms with Crippen molar-refractivity contribution in [3.63, 3.8) is 0 Å². The van der Waals surface area contributed by atoms with Crippen molar-refractivity contribution in [2.75, 3.05) is 5.01 Å². The Balaban J connectivity index is 1.95. The van der Waals surface area contributed by atoms with Crippen molar-refractivity contribution < 1.29 is 0 Å². The highest BCUT2D eigenvalue weighted by atomic mass is 15.6. The topological polar surface area (TPSA) is 32.6 Å². The van der Waals surface area contributed by atoms with Gasteiger partial charge >= 0.3 is 0 Å². The lowest BCUT2D eigenvalue weighted by atomic mass is 10.1. The number of hydrogen-bond acceptors (Lipinski definition) is 3. The van der Waals surface area contributed by atoms with Crippen molar-refractivity contribution in [1.82, 2.24) is 9.99 Å². The summed E-state index contributed by atoms with van der Waals surface area (Å²) >= 11 is 0. The summed E-state index contributed by atoms with van der Waals surface area (Å²) in [7, 11) is 0. The lowest BCUT2D eigenvalue weighted by Crippen LogP contribution is -2.46. The quantitative estimate of drug-likeness (QED) is 0.681. The van der Waals surface area contributed by atoms with E-state index in [1.54, 1.807) is 6.20 Å². The predicted octanol–water partition coefficient (Wildman–Crippen LogP) is 3.19. The summed E-state index contributed by atoms with van der Waals surface area (Å²) in [5, 5.41) is 4.48. The van der Waals surface area contributed by atoms with E-state index >= 15 is 0 Å². The van der Waals surface area contributed by atoms with Gasteiger partial charge in [0, 0.05) is 34.9 Å². The fraction of sp³-hybridized carbons (Fsp3) is 0. The van der Waals surface area contributed by atoms with Crippen LogP contribution in [-0.4, -0.2) is 10.4 Å². The Morgan fingerprint density at radius 3 is 2.81 bits per heavy atom. The summed E-state index contributed by atoms with van der Waals surface area (Å²) in [6, 6.07) is 16.8. The summed E-state index contributed by atoms with van der Waals surface area (Å²) in [5.41, 5.74) is 5.59. The highest BCUT2D eigenvalue weighted by Gasteiger charge is 2.30.